The minimum absolute atomic E-state index is 0.0198. The first-order valence-electron chi connectivity index (χ1n) is 50.2. The smallest absolute Gasteiger partial charge is 0.366 e. The number of allylic oxidation sites excluding steroid dienone is 1. The first kappa shape index (κ1) is 114. The van der Waals surface area contributed by atoms with Crippen LogP contribution in [-0.4, -0.2) is 228 Å². The summed E-state index contributed by atoms with van der Waals surface area (Å²) in [5, 5.41) is 5.75. The number of carbonyl (C=O) groups is 13. The van der Waals surface area contributed by atoms with Crippen molar-refractivity contribution < 1.29 is 152 Å². The minimum Gasteiger partial charge on any atom is -0.497 e. The van der Waals surface area contributed by atoms with Crippen LogP contribution in [0.3, 0.4) is 0 Å². The number of unbranched alkanes of at least 4 members (excludes halogenated alkanes) is 25. The van der Waals surface area contributed by atoms with Crippen LogP contribution in [0.25, 0.3) is 0 Å². The summed E-state index contributed by atoms with van der Waals surface area (Å²) in [7, 11) is 2.33. The molecule has 9 rings (SSSR count). The zero-order chi connectivity index (χ0) is 102. The summed E-state index contributed by atoms with van der Waals surface area (Å²) < 4.78 is 123. The van der Waals surface area contributed by atoms with Crippen LogP contribution in [0.5, 0.6) is 5.75 Å². The minimum atomic E-state index is -3.34. The highest BCUT2D eigenvalue weighted by molar-refractivity contribution is 5.91. The summed E-state index contributed by atoms with van der Waals surface area (Å²) in [5.41, 5.74) is 0.0331. The van der Waals surface area contributed by atoms with E-state index in [1.165, 1.54) is 176 Å². The summed E-state index contributed by atoms with van der Waals surface area (Å²) >= 11 is 0. The van der Waals surface area contributed by atoms with Crippen molar-refractivity contribution in [2.24, 2.45) is 0 Å². The molecule has 34 heteroatoms. The molecule has 5 aromatic rings. The number of nitrogens with one attached hydrogen (secondary N) is 2. The fourth-order valence-electron chi connectivity index (χ4n) is 17.5. The predicted molar refractivity (Wildman–Crippen MR) is 515 cm³/mol. The van der Waals surface area contributed by atoms with Crippen LogP contribution < -0.4 is 15.4 Å². The summed E-state index contributed by atoms with van der Waals surface area (Å²) in [4.78, 5) is 189. The van der Waals surface area contributed by atoms with E-state index in [2.05, 4.69) is 24.5 Å². The molecule has 4 heterocycles. The van der Waals surface area contributed by atoms with E-state index in [1.54, 1.807) is 78.9 Å². The average molecular weight is 1980 g/mol. The van der Waals surface area contributed by atoms with Crippen LogP contribution in [0.4, 0.5) is 0 Å². The van der Waals surface area contributed by atoms with Gasteiger partial charge in [0.2, 0.25) is 11.8 Å². The third-order valence-electron chi connectivity index (χ3n) is 24.7. The van der Waals surface area contributed by atoms with Gasteiger partial charge in [-0.15, -0.1) is 0 Å². The lowest BCUT2D eigenvalue weighted by molar-refractivity contribution is -0.386. The molecule has 4 aliphatic heterocycles. The number of carbonyl (C=O) groups excluding carboxylic acids is 13. The summed E-state index contributed by atoms with van der Waals surface area (Å²) in [5.74, 6) is -16.4. The molecule has 4 saturated heterocycles. The maximum atomic E-state index is 16.0. The summed E-state index contributed by atoms with van der Waals surface area (Å²) in [6.07, 6.45) is -0.234. The highest BCUT2D eigenvalue weighted by atomic mass is 16.8. The number of benzene rings is 5. The van der Waals surface area contributed by atoms with Crippen LogP contribution >= 0.6 is 0 Å². The Kier molecular flexibility index (Phi) is 49.9. The zero-order valence-corrected chi connectivity index (χ0v) is 83.3. The number of rotatable bonds is 56. The van der Waals surface area contributed by atoms with E-state index in [1.807, 2.05) is 6.08 Å². The Morgan fingerprint density at radius 3 is 1.49 bits per heavy atom. The SMILES string of the molecule is CCCCCCCCCCCCC/C=C/C1OC(=O)CCC(=O)OCC2OC(OCC1NC(=O)CCCCCCCCCCCCCCCCC)C(OC(=O)c1ccccc1)C(OCc1ccc(OC)cc1)C2OC1OC(COC(=O)c2ccccc2)C(OC(=O)c2ccccc2)C(OC2(C(=O)OC)CC(OC(C)=O)C(NC(C)=O)C(C(OC(C)=O)C(COC(C)=O)OC(C)=O)O2)C1OC(=O)c1ccccc1. The number of cyclic esters (lactones) is 2. The second-order valence-electron chi connectivity index (χ2n) is 36.1. The van der Waals surface area contributed by atoms with E-state index in [0.717, 1.165) is 106 Å². The average Bonchev–Trinajstić information content (AvgIpc) is 0.736. The second kappa shape index (κ2) is 62.1. The molecule has 4 aliphatic rings. The largest absolute Gasteiger partial charge is 0.497 e. The van der Waals surface area contributed by atoms with Gasteiger partial charge in [-0.3, -0.25) is 38.4 Å². The van der Waals surface area contributed by atoms with Crippen LogP contribution in [0.2, 0.25) is 0 Å². The van der Waals surface area contributed by atoms with Crippen molar-refractivity contribution >= 4 is 77.5 Å². The molecule has 18 atom stereocenters. The van der Waals surface area contributed by atoms with Gasteiger partial charge in [-0.05, 0) is 91.6 Å². The molecule has 778 valence electrons. The van der Waals surface area contributed by atoms with Gasteiger partial charge >= 0.3 is 65.7 Å². The topological polar surface area (TPSA) is 421 Å². The van der Waals surface area contributed by atoms with E-state index in [0.29, 0.717) is 24.2 Å². The summed E-state index contributed by atoms with van der Waals surface area (Å²) in [6, 6.07) is 33.4. The normalized spacial score (nSPS) is 23.4. The van der Waals surface area contributed by atoms with Crippen molar-refractivity contribution in [2.75, 3.05) is 40.6 Å². The molecule has 34 nitrogen and oxygen atoms in total. The van der Waals surface area contributed by atoms with Gasteiger partial charge in [0.05, 0.1) is 81.0 Å². The van der Waals surface area contributed by atoms with Crippen molar-refractivity contribution in [1.82, 2.24) is 10.6 Å². The zero-order valence-electron chi connectivity index (χ0n) is 83.3. The Hall–Kier alpha value is -11.5. The third-order valence-corrected chi connectivity index (χ3v) is 24.7. The number of esters is 11. The fraction of sp³-hybridized carbons (Fsp3) is 0.583. The van der Waals surface area contributed by atoms with Crippen molar-refractivity contribution in [2.45, 2.75) is 364 Å². The predicted octanol–water partition coefficient (Wildman–Crippen LogP) is 16.1. The Balaban J connectivity index is 1.23. The van der Waals surface area contributed by atoms with E-state index < -0.39 is 240 Å². The highest BCUT2D eigenvalue weighted by Crippen LogP contribution is 2.44. The number of ether oxygens (including phenoxy) is 19. The Morgan fingerprint density at radius 2 is 0.986 bits per heavy atom. The van der Waals surface area contributed by atoms with Gasteiger partial charge in [0.25, 0.3) is 5.79 Å². The second-order valence-corrected chi connectivity index (χ2v) is 36.1. The molecule has 2 bridgehead atoms. The molecule has 0 spiro atoms. The first-order valence-corrected chi connectivity index (χ1v) is 50.2. The lowest BCUT2D eigenvalue weighted by Crippen LogP contribution is -2.72. The van der Waals surface area contributed by atoms with E-state index in [4.69, 9.17) is 90.0 Å². The maximum Gasteiger partial charge on any atom is 0.366 e. The Labute approximate surface area is 832 Å². The number of hydrogen-bond donors (Lipinski definition) is 2. The van der Waals surface area contributed by atoms with Crippen molar-refractivity contribution in [1.29, 1.82) is 0 Å². The quantitative estimate of drug-likeness (QED) is 0.0158. The van der Waals surface area contributed by atoms with Gasteiger partial charge in [0, 0.05) is 41.0 Å². The van der Waals surface area contributed by atoms with Crippen molar-refractivity contribution in [3.8, 4) is 5.75 Å². The van der Waals surface area contributed by atoms with Gasteiger partial charge in [0.1, 0.15) is 74.4 Å². The third kappa shape index (κ3) is 38.3. The van der Waals surface area contributed by atoms with Crippen LogP contribution in [0.15, 0.2) is 158 Å². The lowest BCUT2D eigenvalue weighted by Gasteiger charge is -2.52. The molecule has 4 fully saturated rings. The molecule has 0 saturated carbocycles. The molecule has 0 aromatic heterocycles. The van der Waals surface area contributed by atoms with Gasteiger partial charge in [-0.1, -0.05) is 259 Å². The van der Waals surface area contributed by atoms with Crippen molar-refractivity contribution in [3.05, 3.63) is 186 Å². The van der Waals surface area contributed by atoms with Gasteiger partial charge in [0.15, 0.2) is 43.1 Å². The van der Waals surface area contributed by atoms with Crippen LogP contribution in [-0.2, 0) is 135 Å². The Morgan fingerprint density at radius 1 is 0.486 bits per heavy atom. The van der Waals surface area contributed by atoms with Gasteiger partial charge < -0.3 is 101 Å². The summed E-state index contributed by atoms with van der Waals surface area (Å²) in [6.45, 7) is 5.48. The Bertz CT molecular complexity index is 4740. The molecular weight excluding hydrogens is 1840 g/mol. The molecule has 18 unspecified atom stereocenters. The molecular formula is C108H144N2O32. The molecule has 2 N–H and O–H groups in total. The first-order chi connectivity index (χ1) is 68.7. The standard InChI is InChI=1S/C108H144N2O32/c1-10-12-14-16-18-20-22-24-25-27-29-31-33-35-49-59-89(116)110-83-68-130-105-99(138-103(121)80-54-44-38-45-55-80)97(128-67-77-60-62-82(124-8)63-61-77)94(87(135-105)70-127-90(117)64-65-91(118)134-84(83)58-48-34-32-30-28-26-23-21-19-17-15-13-11-2)140-106-100(139-104(122)81-56-46-39-47-57-81)98(95(137-102(120)79-52-42-37-43-53-79)88(136-106)71-129-101(119)78-50-40-36-41-51-78)142-108(107(123)125-9)66-85(131-74(5)113)92(109-72(3)111)96(141-108)93(133-76(7)115)86(132-75(6)114)69-126-73(4)112/h36-48,50-58,60-63,83-88,92-100,105-106H,10-35,49,59,64-71H2,1-9H3,(H,109,111)(H,110,116)/b58-48+. The van der Waals surface area contributed by atoms with E-state index >= 15 is 19.2 Å². The number of fused-ring (bicyclic) bond motifs is 2. The highest BCUT2D eigenvalue weighted by Gasteiger charge is 2.65. The van der Waals surface area contributed by atoms with Crippen LogP contribution in [0, 0.1) is 0 Å². The molecule has 2 amide bonds. The van der Waals surface area contributed by atoms with Crippen molar-refractivity contribution in [3.63, 3.8) is 0 Å². The number of methoxy groups -OCH3 is 2. The fourth-order valence-corrected chi connectivity index (χ4v) is 17.5. The molecule has 5 aromatic carbocycles. The molecule has 0 aliphatic carbocycles. The van der Waals surface area contributed by atoms with E-state index in [9.17, 15) is 43.2 Å². The number of hydrogen-bond acceptors (Lipinski definition) is 32. The molecule has 0 radical (unpaired) electrons. The monoisotopic (exact) mass is 1980 g/mol. The van der Waals surface area contributed by atoms with Crippen LogP contribution in [0.1, 0.15) is 295 Å². The van der Waals surface area contributed by atoms with Gasteiger partial charge in [-0.2, -0.15) is 0 Å². The van der Waals surface area contributed by atoms with Gasteiger partial charge in [-0.25, -0.2) is 24.0 Å². The molecule has 142 heavy (non-hydrogen) atoms. The lowest BCUT2D eigenvalue weighted by atomic mass is 9.87. The van der Waals surface area contributed by atoms with E-state index in [-0.39, 0.29) is 28.7 Å². The number of amides is 2. The maximum absolute atomic E-state index is 16.0.